The second kappa shape index (κ2) is 4.38. The zero-order valence-electron chi connectivity index (χ0n) is 10.9. The number of hydrogen-bond donors (Lipinski definition) is 1. The van der Waals surface area contributed by atoms with E-state index in [9.17, 15) is 9.90 Å². The maximum atomic E-state index is 11.2. The van der Waals surface area contributed by atoms with Crippen LogP contribution in [0.15, 0.2) is 34.9 Å². The van der Waals surface area contributed by atoms with Gasteiger partial charge in [0.2, 0.25) is 0 Å². The van der Waals surface area contributed by atoms with Crippen molar-refractivity contribution in [3.05, 3.63) is 36.1 Å². The highest BCUT2D eigenvalue weighted by Crippen LogP contribution is 2.31. The lowest BCUT2D eigenvalue weighted by atomic mass is 9.90. The number of aliphatic carboxylic acids is 1. The monoisotopic (exact) mass is 259 g/mol. The van der Waals surface area contributed by atoms with Gasteiger partial charge in [-0.15, -0.1) is 0 Å². The predicted molar refractivity (Wildman–Crippen MR) is 71.9 cm³/mol. The van der Waals surface area contributed by atoms with E-state index in [-0.39, 0.29) is 0 Å². The Morgan fingerprint density at radius 1 is 1.47 bits per heavy atom. The maximum Gasteiger partial charge on any atom is 0.310 e. The summed E-state index contributed by atoms with van der Waals surface area (Å²) in [5, 5.41) is 10.3. The van der Waals surface area contributed by atoms with Crippen LogP contribution in [-0.4, -0.2) is 29.1 Å². The summed E-state index contributed by atoms with van der Waals surface area (Å²) >= 11 is 0. The number of carbonyl (C=O) groups is 1. The van der Waals surface area contributed by atoms with Crippen molar-refractivity contribution in [1.82, 2.24) is 4.90 Å². The van der Waals surface area contributed by atoms with Crippen molar-refractivity contribution in [1.29, 1.82) is 0 Å². The molecule has 0 radical (unpaired) electrons. The van der Waals surface area contributed by atoms with Crippen LogP contribution in [-0.2, 0) is 11.3 Å². The lowest BCUT2D eigenvalue weighted by Crippen LogP contribution is -2.31. The van der Waals surface area contributed by atoms with E-state index in [1.807, 2.05) is 25.1 Å². The Balaban J connectivity index is 1.74. The summed E-state index contributed by atoms with van der Waals surface area (Å²) in [5.41, 5.74) is 1.49. The average molecular weight is 259 g/mol. The molecule has 19 heavy (non-hydrogen) atoms. The number of benzene rings is 1. The number of nitrogens with zero attached hydrogens (tertiary/aromatic N) is 1. The molecular formula is C15H17NO3. The van der Waals surface area contributed by atoms with Crippen molar-refractivity contribution in [3.8, 4) is 0 Å². The number of rotatable bonds is 3. The van der Waals surface area contributed by atoms with E-state index in [1.54, 1.807) is 6.26 Å². The summed E-state index contributed by atoms with van der Waals surface area (Å²) in [4.78, 5) is 13.4. The molecule has 0 bridgehead atoms. The van der Waals surface area contributed by atoms with Gasteiger partial charge >= 0.3 is 5.97 Å². The van der Waals surface area contributed by atoms with Gasteiger partial charge in [0, 0.05) is 18.5 Å². The molecule has 1 aliphatic heterocycles. The van der Waals surface area contributed by atoms with Gasteiger partial charge in [0.05, 0.1) is 11.7 Å². The van der Waals surface area contributed by atoms with E-state index in [4.69, 9.17) is 4.42 Å². The van der Waals surface area contributed by atoms with Crippen LogP contribution in [0.5, 0.6) is 0 Å². The fourth-order valence-electron chi connectivity index (χ4n) is 2.74. The van der Waals surface area contributed by atoms with Crippen LogP contribution >= 0.6 is 0 Å². The number of hydrogen-bond acceptors (Lipinski definition) is 3. The highest BCUT2D eigenvalue weighted by Gasteiger charge is 2.40. The molecule has 1 saturated heterocycles. The second-order valence-electron chi connectivity index (χ2n) is 5.62. The summed E-state index contributed by atoms with van der Waals surface area (Å²) < 4.78 is 5.32. The number of carboxylic acids is 1. The van der Waals surface area contributed by atoms with Gasteiger partial charge < -0.3 is 9.52 Å². The van der Waals surface area contributed by atoms with Crippen molar-refractivity contribution in [3.63, 3.8) is 0 Å². The standard InChI is InChI=1S/C15H17NO3/c1-15(14(17)18)5-6-16(10-15)9-11-2-3-13-12(8-11)4-7-19-13/h2-4,7-8H,5-6,9-10H2,1H3,(H,17,18). The molecule has 1 aromatic carbocycles. The Bertz CT molecular complexity index is 619. The van der Waals surface area contributed by atoms with Crippen molar-refractivity contribution in [2.45, 2.75) is 19.9 Å². The Kier molecular flexibility index (Phi) is 2.82. The number of carboxylic acid groups (broad SMARTS) is 1. The van der Waals surface area contributed by atoms with Crippen molar-refractivity contribution in [2.75, 3.05) is 13.1 Å². The van der Waals surface area contributed by atoms with E-state index in [0.29, 0.717) is 6.54 Å². The zero-order valence-corrected chi connectivity index (χ0v) is 10.9. The zero-order chi connectivity index (χ0) is 13.5. The third-order valence-electron chi connectivity index (χ3n) is 3.99. The first kappa shape index (κ1) is 12.2. The molecule has 2 heterocycles. The molecule has 3 rings (SSSR count). The van der Waals surface area contributed by atoms with Crippen molar-refractivity contribution in [2.24, 2.45) is 5.41 Å². The molecule has 1 N–H and O–H groups in total. The van der Waals surface area contributed by atoms with Crippen LogP contribution in [0.3, 0.4) is 0 Å². The first-order chi connectivity index (χ1) is 9.07. The Morgan fingerprint density at radius 2 is 2.32 bits per heavy atom. The van der Waals surface area contributed by atoms with Gasteiger partial charge in [0.25, 0.3) is 0 Å². The quantitative estimate of drug-likeness (QED) is 0.920. The van der Waals surface area contributed by atoms with Gasteiger partial charge in [0.15, 0.2) is 0 Å². The molecule has 100 valence electrons. The normalized spacial score (nSPS) is 24.1. The molecule has 0 saturated carbocycles. The smallest absolute Gasteiger partial charge is 0.310 e. The lowest BCUT2D eigenvalue weighted by Gasteiger charge is -2.20. The topological polar surface area (TPSA) is 53.7 Å². The first-order valence-electron chi connectivity index (χ1n) is 6.49. The number of furan rings is 1. The fourth-order valence-corrected chi connectivity index (χ4v) is 2.74. The molecule has 1 aromatic heterocycles. The molecule has 4 nitrogen and oxygen atoms in total. The maximum absolute atomic E-state index is 11.2. The molecule has 0 aliphatic carbocycles. The minimum Gasteiger partial charge on any atom is -0.481 e. The van der Waals surface area contributed by atoms with Crippen LogP contribution in [0.4, 0.5) is 0 Å². The SMILES string of the molecule is CC1(C(=O)O)CCN(Cc2ccc3occc3c2)C1. The molecule has 0 spiro atoms. The van der Waals surface area contributed by atoms with Gasteiger partial charge in [0.1, 0.15) is 5.58 Å². The summed E-state index contributed by atoms with van der Waals surface area (Å²) in [6.45, 7) is 4.08. The average Bonchev–Trinajstić information content (AvgIpc) is 2.96. The van der Waals surface area contributed by atoms with Crippen LogP contribution in [0.1, 0.15) is 18.9 Å². The Labute approximate surface area is 111 Å². The molecule has 1 atom stereocenters. The van der Waals surface area contributed by atoms with E-state index in [0.717, 1.165) is 30.5 Å². The molecule has 4 heteroatoms. The molecular weight excluding hydrogens is 242 g/mol. The summed E-state index contributed by atoms with van der Waals surface area (Å²) in [5.74, 6) is -0.694. The summed E-state index contributed by atoms with van der Waals surface area (Å²) in [6, 6.07) is 8.07. The molecule has 0 amide bonds. The van der Waals surface area contributed by atoms with Gasteiger partial charge in [-0.3, -0.25) is 9.69 Å². The van der Waals surface area contributed by atoms with E-state index < -0.39 is 11.4 Å². The lowest BCUT2D eigenvalue weighted by molar-refractivity contribution is -0.147. The predicted octanol–water partition coefficient (Wildman–Crippen LogP) is 2.73. The van der Waals surface area contributed by atoms with Crippen molar-refractivity contribution >= 4 is 16.9 Å². The Hall–Kier alpha value is -1.81. The van der Waals surface area contributed by atoms with E-state index >= 15 is 0 Å². The summed E-state index contributed by atoms with van der Waals surface area (Å²) in [7, 11) is 0. The minimum absolute atomic E-state index is 0.597. The van der Waals surface area contributed by atoms with Crippen LogP contribution in [0.25, 0.3) is 11.0 Å². The van der Waals surface area contributed by atoms with E-state index in [2.05, 4.69) is 11.0 Å². The van der Waals surface area contributed by atoms with Gasteiger partial charge in [-0.2, -0.15) is 0 Å². The fraction of sp³-hybridized carbons (Fsp3) is 0.400. The Morgan fingerprint density at radius 3 is 3.05 bits per heavy atom. The first-order valence-corrected chi connectivity index (χ1v) is 6.49. The third kappa shape index (κ3) is 2.24. The van der Waals surface area contributed by atoms with Crippen LogP contribution in [0.2, 0.25) is 0 Å². The van der Waals surface area contributed by atoms with Crippen LogP contribution in [0, 0.1) is 5.41 Å². The van der Waals surface area contributed by atoms with Gasteiger partial charge in [-0.25, -0.2) is 0 Å². The molecule has 1 aliphatic rings. The summed E-state index contributed by atoms with van der Waals surface area (Å²) in [6.07, 6.45) is 2.40. The number of fused-ring (bicyclic) bond motifs is 1. The van der Waals surface area contributed by atoms with Gasteiger partial charge in [-0.1, -0.05) is 6.07 Å². The third-order valence-corrected chi connectivity index (χ3v) is 3.99. The highest BCUT2D eigenvalue weighted by atomic mass is 16.4. The molecule has 2 aromatic rings. The molecule has 1 fully saturated rings. The van der Waals surface area contributed by atoms with Crippen LogP contribution < -0.4 is 0 Å². The highest BCUT2D eigenvalue weighted by molar-refractivity contribution is 5.77. The largest absolute Gasteiger partial charge is 0.481 e. The van der Waals surface area contributed by atoms with E-state index in [1.165, 1.54) is 5.56 Å². The number of likely N-dealkylation sites (tertiary alicyclic amines) is 1. The molecule has 1 unspecified atom stereocenters. The second-order valence-corrected chi connectivity index (χ2v) is 5.62. The van der Waals surface area contributed by atoms with Crippen molar-refractivity contribution < 1.29 is 14.3 Å². The van der Waals surface area contributed by atoms with Gasteiger partial charge in [-0.05, 0) is 43.7 Å². The minimum atomic E-state index is -0.694.